The van der Waals surface area contributed by atoms with E-state index in [1.807, 2.05) is 39.0 Å². The van der Waals surface area contributed by atoms with Crippen LogP contribution in [0.5, 0.6) is 0 Å². The molecule has 36 heavy (non-hydrogen) atoms. The molecule has 0 fully saturated rings. The molecule has 1 amide bonds. The molecular weight excluding hydrogens is 448 g/mol. The van der Waals surface area contributed by atoms with E-state index < -0.39 is 17.7 Å². The Morgan fingerprint density at radius 1 is 0.917 bits per heavy atom. The second-order valence-corrected chi connectivity index (χ2v) is 12.0. The topological polar surface area (TPSA) is 58.6 Å². The highest BCUT2D eigenvalue weighted by Gasteiger charge is 2.26. The van der Waals surface area contributed by atoms with Crippen LogP contribution in [0.4, 0.5) is 4.79 Å². The molecule has 0 radical (unpaired) electrons. The summed E-state index contributed by atoms with van der Waals surface area (Å²) in [6.45, 7) is 19.5. The minimum atomic E-state index is -0.612. The maximum Gasteiger partial charge on any atom is 0.408 e. The van der Waals surface area contributed by atoms with Crippen molar-refractivity contribution < 1.29 is 14.3 Å². The van der Waals surface area contributed by atoms with Crippen LogP contribution in [0.1, 0.15) is 86.1 Å². The first-order valence-electron chi connectivity index (χ1n) is 13.6. The van der Waals surface area contributed by atoms with E-state index in [0.29, 0.717) is 24.7 Å². The van der Waals surface area contributed by atoms with Crippen LogP contribution in [-0.4, -0.2) is 48.1 Å². The molecule has 0 saturated heterocycles. The number of alkyl carbamates (subject to hydrolysis) is 1. The molecule has 0 aliphatic heterocycles. The third kappa shape index (κ3) is 10.3. The van der Waals surface area contributed by atoms with Gasteiger partial charge in [0.2, 0.25) is 0 Å². The van der Waals surface area contributed by atoms with Gasteiger partial charge in [0.15, 0.2) is 5.78 Å². The molecule has 0 aromatic heterocycles. The average Bonchev–Trinajstić information content (AvgIpc) is 2.75. The number of rotatable bonds is 13. The Morgan fingerprint density at radius 2 is 1.53 bits per heavy atom. The fourth-order valence-electron chi connectivity index (χ4n) is 4.81. The maximum absolute atomic E-state index is 13.5. The van der Waals surface area contributed by atoms with Crippen molar-refractivity contribution in [3.05, 3.63) is 48.0 Å². The Balaban J connectivity index is 2.12. The monoisotopic (exact) mass is 496 g/mol. The number of benzene rings is 2. The molecule has 2 atom stereocenters. The quantitative estimate of drug-likeness (QED) is 0.319. The van der Waals surface area contributed by atoms with Crippen molar-refractivity contribution in [3.63, 3.8) is 0 Å². The molecule has 5 heteroatoms. The minimum Gasteiger partial charge on any atom is -0.444 e. The Bertz CT molecular complexity index is 962. The third-order valence-electron chi connectivity index (χ3n) is 6.16. The van der Waals surface area contributed by atoms with E-state index in [0.717, 1.165) is 31.6 Å². The zero-order valence-corrected chi connectivity index (χ0v) is 23.8. The normalized spacial score (nSPS) is 13.9. The predicted octanol–water partition coefficient (Wildman–Crippen LogP) is 7.19. The van der Waals surface area contributed by atoms with Gasteiger partial charge in [-0.15, -0.1) is 0 Å². The van der Waals surface area contributed by atoms with Crippen molar-refractivity contribution in [1.82, 2.24) is 10.2 Å². The first kappa shape index (κ1) is 29.8. The molecule has 2 aromatic rings. The number of carbonyl (C=O) groups excluding carboxylic acids is 2. The number of ether oxygens (including phenoxy) is 1. The van der Waals surface area contributed by atoms with Gasteiger partial charge in [0.05, 0.1) is 6.04 Å². The van der Waals surface area contributed by atoms with Gasteiger partial charge in [0.25, 0.3) is 0 Å². The second kappa shape index (κ2) is 13.8. The molecule has 0 heterocycles. The van der Waals surface area contributed by atoms with E-state index >= 15 is 0 Å². The molecule has 0 spiro atoms. The summed E-state index contributed by atoms with van der Waals surface area (Å²) in [6, 6.07) is 14.0. The van der Waals surface area contributed by atoms with E-state index in [1.54, 1.807) is 0 Å². The van der Waals surface area contributed by atoms with Crippen LogP contribution in [0.25, 0.3) is 10.8 Å². The Hall–Kier alpha value is -2.40. The van der Waals surface area contributed by atoms with Gasteiger partial charge >= 0.3 is 6.09 Å². The summed E-state index contributed by atoms with van der Waals surface area (Å²) < 4.78 is 5.49. The van der Waals surface area contributed by atoms with Crippen molar-refractivity contribution in [2.45, 2.75) is 92.2 Å². The van der Waals surface area contributed by atoms with Crippen LogP contribution in [0.15, 0.2) is 42.5 Å². The van der Waals surface area contributed by atoms with Crippen LogP contribution < -0.4 is 5.32 Å². The molecule has 2 rings (SSSR count). The molecule has 5 nitrogen and oxygen atoms in total. The van der Waals surface area contributed by atoms with Crippen LogP contribution in [-0.2, 0) is 9.53 Å². The highest BCUT2D eigenvalue weighted by Crippen LogP contribution is 2.28. The van der Waals surface area contributed by atoms with Crippen LogP contribution in [0.2, 0.25) is 0 Å². The zero-order chi connectivity index (χ0) is 26.9. The maximum atomic E-state index is 13.5. The molecule has 0 aliphatic rings. The fraction of sp³-hybridized carbons (Fsp3) is 0.613. The molecule has 0 saturated carbocycles. The molecule has 1 N–H and O–H groups in total. The lowest BCUT2D eigenvalue weighted by Gasteiger charge is -2.27. The Labute approximate surface area is 219 Å². The lowest BCUT2D eigenvalue weighted by Crippen LogP contribution is -2.44. The highest BCUT2D eigenvalue weighted by atomic mass is 16.6. The third-order valence-corrected chi connectivity index (χ3v) is 6.16. The summed E-state index contributed by atoms with van der Waals surface area (Å²) in [6.07, 6.45) is 1.29. The summed E-state index contributed by atoms with van der Waals surface area (Å²) in [4.78, 5) is 28.6. The van der Waals surface area contributed by atoms with Crippen molar-refractivity contribution in [2.75, 3.05) is 19.6 Å². The number of hydrogen-bond donors (Lipinski definition) is 1. The van der Waals surface area contributed by atoms with Gasteiger partial charge < -0.3 is 15.0 Å². The smallest absolute Gasteiger partial charge is 0.408 e. The summed E-state index contributed by atoms with van der Waals surface area (Å²) in [5, 5.41) is 5.24. The number of fused-ring (bicyclic) bond motifs is 1. The van der Waals surface area contributed by atoms with Gasteiger partial charge in [-0.25, -0.2) is 4.79 Å². The van der Waals surface area contributed by atoms with E-state index in [4.69, 9.17) is 4.74 Å². The molecule has 0 bridgehead atoms. The van der Waals surface area contributed by atoms with E-state index in [1.165, 1.54) is 10.8 Å². The number of carbonyl (C=O) groups is 2. The first-order valence-corrected chi connectivity index (χ1v) is 13.6. The molecule has 2 aromatic carbocycles. The van der Waals surface area contributed by atoms with Gasteiger partial charge in [-0.05, 0) is 74.2 Å². The summed E-state index contributed by atoms with van der Waals surface area (Å²) in [5.41, 5.74) is 0.553. The lowest BCUT2D eigenvalue weighted by molar-refractivity contribution is -0.121. The van der Waals surface area contributed by atoms with Crippen molar-refractivity contribution in [1.29, 1.82) is 0 Å². The Kier molecular flexibility index (Phi) is 11.4. The molecule has 0 unspecified atom stereocenters. The average molecular weight is 497 g/mol. The predicted molar refractivity (Wildman–Crippen MR) is 150 cm³/mol. The molecule has 200 valence electrons. The van der Waals surface area contributed by atoms with Crippen molar-refractivity contribution in [2.24, 2.45) is 11.8 Å². The van der Waals surface area contributed by atoms with Gasteiger partial charge in [-0.3, -0.25) is 4.79 Å². The van der Waals surface area contributed by atoms with Gasteiger partial charge in [-0.1, -0.05) is 77.1 Å². The summed E-state index contributed by atoms with van der Waals surface area (Å²) in [7, 11) is 0. The Morgan fingerprint density at radius 3 is 2.14 bits per heavy atom. The zero-order valence-electron chi connectivity index (χ0n) is 23.8. The van der Waals surface area contributed by atoms with Gasteiger partial charge in [0, 0.05) is 19.5 Å². The number of nitrogens with one attached hydrogen (secondary N) is 1. The van der Waals surface area contributed by atoms with Crippen LogP contribution in [0.3, 0.4) is 0 Å². The van der Waals surface area contributed by atoms with E-state index in [2.05, 4.69) is 69.1 Å². The first-order chi connectivity index (χ1) is 16.9. The van der Waals surface area contributed by atoms with Crippen LogP contribution >= 0.6 is 0 Å². The second-order valence-electron chi connectivity index (χ2n) is 12.0. The van der Waals surface area contributed by atoms with Crippen molar-refractivity contribution in [3.8, 4) is 0 Å². The standard InChI is InChI=1S/C31H48N2O3/c1-22(2)20-33(21-23(3)4)18-12-17-28(32-30(35)36-31(6,7)8)29(34)19-24(5)26-16-11-14-25-13-9-10-15-27(25)26/h9-11,13-16,22-24,28H,12,17-21H2,1-8H3,(H,32,35)/t24-,28+/m1/s1. The fourth-order valence-corrected chi connectivity index (χ4v) is 4.81. The number of Topliss-reactive ketones (excluding diaryl/α,β-unsaturated/α-hetero) is 1. The summed E-state index contributed by atoms with van der Waals surface area (Å²) >= 11 is 0. The van der Waals surface area contributed by atoms with Gasteiger partial charge in [0.1, 0.15) is 5.60 Å². The SMILES string of the molecule is CC(C)CN(CCC[C@H](NC(=O)OC(C)(C)C)C(=O)C[C@@H](C)c1cccc2ccccc12)CC(C)C. The number of amides is 1. The van der Waals surface area contributed by atoms with Crippen molar-refractivity contribution >= 4 is 22.6 Å². The highest BCUT2D eigenvalue weighted by molar-refractivity contribution is 5.90. The van der Waals surface area contributed by atoms with E-state index in [9.17, 15) is 9.59 Å². The minimum absolute atomic E-state index is 0.0462. The molecular formula is C31H48N2O3. The summed E-state index contributed by atoms with van der Waals surface area (Å²) in [5.74, 6) is 1.27. The number of ketones is 1. The number of nitrogens with zero attached hydrogens (tertiary/aromatic N) is 1. The molecule has 0 aliphatic carbocycles. The van der Waals surface area contributed by atoms with Crippen LogP contribution in [0, 0.1) is 11.8 Å². The number of hydrogen-bond acceptors (Lipinski definition) is 4. The van der Waals surface area contributed by atoms with E-state index in [-0.39, 0.29) is 11.7 Å². The van der Waals surface area contributed by atoms with Gasteiger partial charge in [-0.2, -0.15) is 0 Å². The lowest BCUT2D eigenvalue weighted by atomic mass is 9.89. The largest absolute Gasteiger partial charge is 0.444 e.